The van der Waals surface area contributed by atoms with Gasteiger partial charge in [-0.25, -0.2) is 19.7 Å². The Morgan fingerprint density at radius 3 is 2.93 bits per heavy atom. The maximum atomic E-state index is 12.1. The maximum absolute atomic E-state index is 12.1. The molecule has 0 atom stereocenters. The van der Waals surface area contributed by atoms with E-state index in [4.69, 9.17) is 9.72 Å². The summed E-state index contributed by atoms with van der Waals surface area (Å²) in [6, 6.07) is 1.74. The van der Waals surface area contributed by atoms with Crippen LogP contribution in [0.5, 0.6) is 0 Å². The molecule has 9 nitrogen and oxygen atoms in total. The van der Waals surface area contributed by atoms with Crippen LogP contribution in [0.4, 0.5) is 15.9 Å². The number of aliphatic hydroxyl groups is 1. The fraction of sp³-hybridized carbons (Fsp3) is 0.556. The number of nitrogens with one attached hydrogen (secondary N) is 2. The number of carbonyl (C=O) groups excluding carboxylic acids is 1. The van der Waals surface area contributed by atoms with Gasteiger partial charge in [0, 0.05) is 36.0 Å². The Morgan fingerprint density at radius 1 is 1.32 bits per heavy atom. The number of urea groups is 1. The Hall–Kier alpha value is -2.30. The Bertz CT molecular complexity index is 880. The predicted octanol–water partition coefficient (Wildman–Crippen LogP) is 1.25. The number of anilines is 2. The summed E-state index contributed by atoms with van der Waals surface area (Å²) >= 11 is 1.49. The molecule has 1 saturated heterocycles. The highest BCUT2D eigenvalue weighted by atomic mass is 32.1. The van der Waals surface area contributed by atoms with Crippen molar-refractivity contribution in [3.63, 3.8) is 0 Å². The van der Waals surface area contributed by atoms with Gasteiger partial charge in [0.1, 0.15) is 0 Å². The lowest BCUT2D eigenvalue weighted by molar-refractivity contribution is 0.00670. The van der Waals surface area contributed by atoms with Gasteiger partial charge in [-0.1, -0.05) is 11.3 Å². The summed E-state index contributed by atoms with van der Waals surface area (Å²) < 4.78 is 5.26. The second-order valence-electron chi connectivity index (χ2n) is 7.50. The monoisotopic (exact) mass is 402 g/mol. The third-order valence-electron chi connectivity index (χ3n) is 5.40. The molecule has 2 fully saturated rings. The lowest BCUT2D eigenvalue weighted by atomic mass is 9.90. The van der Waals surface area contributed by atoms with Crippen molar-refractivity contribution < 1.29 is 14.6 Å². The molecule has 1 saturated carbocycles. The number of nitrogens with zero attached hydrogens (tertiary/aromatic N) is 4. The lowest BCUT2D eigenvalue weighted by Gasteiger charge is -2.31. The van der Waals surface area contributed by atoms with Crippen molar-refractivity contribution >= 4 is 28.4 Å². The van der Waals surface area contributed by atoms with Crippen LogP contribution in [0.3, 0.4) is 0 Å². The van der Waals surface area contributed by atoms with Crippen molar-refractivity contribution in [3.8, 4) is 0 Å². The number of rotatable bonds is 4. The summed E-state index contributed by atoms with van der Waals surface area (Å²) in [5.74, 6) is 1.11. The molecule has 0 radical (unpaired) electrons. The van der Waals surface area contributed by atoms with Gasteiger partial charge in [0.2, 0.25) is 5.95 Å². The minimum Gasteiger partial charge on any atom is -0.393 e. The first-order valence-electron chi connectivity index (χ1n) is 9.54. The number of carbonyl (C=O) groups is 1. The molecule has 2 aliphatic heterocycles. The third-order valence-corrected chi connectivity index (χ3v) is 6.40. The molecule has 28 heavy (non-hydrogen) atoms. The van der Waals surface area contributed by atoms with E-state index in [1.54, 1.807) is 0 Å². The standard InChI is InChI=1S/C18H22N6O3S/c25-12-5-11(6-12)20-17(26)23-18-22-14-2-4-24(7-15(14)28-18)16-19-3-1-13(21-16)10-8-27-9-10/h1,3,10-12,25H,2,4-9H2,(H2,20,22,23,26). The molecular formula is C18H22N6O3S. The van der Waals surface area contributed by atoms with E-state index in [0.717, 1.165) is 48.4 Å². The van der Waals surface area contributed by atoms with Crippen LogP contribution < -0.4 is 15.5 Å². The van der Waals surface area contributed by atoms with Gasteiger partial charge in [-0.15, -0.1) is 0 Å². The van der Waals surface area contributed by atoms with E-state index in [1.165, 1.54) is 11.3 Å². The van der Waals surface area contributed by atoms with Gasteiger partial charge >= 0.3 is 6.03 Å². The summed E-state index contributed by atoms with van der Waals surface area (Å²) in [6.45, 7) is 2.95. The molecule has 0 spiro atoms. The highest BCUT2D eigenvalue weighted by Gasteiger charge is 2.29. The molecule has 0 unspecified atom stereocenters. The fourth-order valence-corrected chi connectivity index (χ4v) is 4.61. The number of amides is 2. The summed E-state index contributed by atoms with van der Waals surface area (Å²) in [5, 5.41) is 15.6. The first kappa shape index (κ1) is 17.8. The summed E-state index contributed by atoms with van der Waals surface area (Å²) in [5.41, 5.74) is 2.06. The summed E-state index contributed by atoms with van der Waals surface area (Å²) in [4.78, 5) is 29.1. The number of fused-ring (bicyclic) bond motifs is 1. The van der Waals surface area contributed by atoms with E-state index in [0.29, 0.717) is 30.4 Å². The van der Waals surface area contributed by atoms with E-state index in [2.05, 4.69) is 25.5 Å². The highest BCUT2D eigenvalue weighted by molar-refractivity contribution is 7.15. The number of hydrogen-bond donors (Lipinski definition) is 3. The van der Waals surface area contributed by atoms with Crippen LogP contribution in [0.1, 0.15) is 35.0 Å². The SMILES string of the molecule is O=C(Nc1nc2c(s1)CN(c1nccc(C3COC3)n1)CC2)NC1CC(O)C1. The predicted molar refractivity (Wildman–Crippen MR) is 104 cm³/mol. The van der Waals surface area contributed by atoms with Crippen molar-refractivity contribution in [2.75, 3.05) is 30.0 Å². The average Bonchev–Trinajstić information content (AvgIpc) is 3.00. The van der Waals surface area contributed by atoms with Crippen LogP contribution in [0.15, 0.2) is 12.3 Å². The lowest BCUT2D eigenvalue weighted by Crippen LogP contribution is -2.48. The van der Waals surface area contributed by atoms with Crippen molar-refractivity contribution in [2.24, 2.45) is 0 Å². The van der Waals surface area contributed by atoms with Crippen molar-refractivity contribution in [1.29, 1.82) is 0 Å². The molecule has 0 bridgehead atoms. The molecule has 3 N–H and O–H groups in total. The molecule has 2 aromatic heterocycles. The summed E-state index contributed by atoms with van der Waals surface area (Å²) in [6.07, 6.45) is 3.55. The van der Waals surface area contributed by atoms with E-state index < -0.39 is 0 Å². The average molecular weight is 402 g/mol. The van der Waals surface area contributed by atoms with Crippen molar-refractivity contribution in [2.45, 2.75) is 43.9 Å². The second kappa shape index (κ2) is 7.26. The number of aromatic nitrogens is 3. The normalized spacial score (nSPS) is 24.1. The Balaban J connectivity index is 1.23. The van der Waals surface area contributed by atoms with Gasteiger partial charge in [-0.2, -0.15) is 0 Å². The molecule has 1 aliphatic carbocycles. The van der Waals surface area contributed by atoms with Gasteiger partial charge < -0.3 is 20.1 Å². The quantitative estimate of drug-likeness (QED) is 0.706. The van der Waals surface area contributed by atoms with Crippen LogP contribution in [0, 0.1) is 0 Å². The molecule has 2 amide bonds. The zero-order chi connectivity index (χ0) is 19.1. The van der Waals surface area contributed by atoms with E-state index in [1.807, 2.05) is 12.3 Å². The molecular weight excluding hydrogens is 380 g/mol. The van der Waals surface area contributed by atoms with Gasteiger partial charge in [-0.3, -0.25) is 5.32 Å². The molecule has 0 aromatic carbocycles. The number of ether oxygens (including phenoxy) is 1. The first-order valence-corrected chi connectivity index (χ1v) is 10.4. The molecule has 2 aromatic rings. The molecule has 148 valence electrons. The van der Waals surface area contributed by atoms with Gasteiger partial charge in [0.25, 0.3) is 0 Å². The highest BCUT2D eigenvalue weighted by Crippen LogP contribution is 2.31. The van der Waals surface area contributed by atoms with Crippen LogP contribution in [-0.4, -0.2) is 58.0 Å². The minimum atomic E-state index is -0.291. The van der Waals surface area contributed by atoms with Crippen LogP contribution in [0.25, 0.3) is 0 Å². The van der Waals surface area contributed by atoms with E-state index in [-0.39, 0.29) is 18.2 Å². The fourth-order valence-electron chi connectivity index (χ4n) is 3.59. The largest absolute Gasteiger partial charge is 0.393 e. The third kappa shape index (κ3) is 3.54. The van der Waals surface area contributed by atoms with E-state index in [9.17, 15) is 9.90 Å². The van der Waals surface area contributed by atoms with Gasteiger partial charge in [0.15, 0.2) is 5.13 Å². The van der Waals surface area contributed by atoms with E-state index >= 15 is 0 Å². The first-order chi connectivity index (χ1) is 13.6. The number of hydrogen-bond acceptors (Lipinski definition) is 8. The van der Waals surface area contributed by atoms with Crippen molar-refractivity contribution in [3.05, 3.63) is 28.5 Å². The number of aliphatic hydroxyl groups excluding tert-OH is 1. The van der Waals surface area contributed by atoms with Crippen molar-refractivity contribution in [1.82, 2.24) is 20.3 Å². The van der Waals surface area contributed by atoms with Gasteiger partial charge in [-0.05, 0) is 18.9 Å². The molecule has 3 aliphatic rings. The zero-order valence-corrected chi connectivity index (χ0v) is 16.1. The van der Waals surface area contributed by atoms with Gasteiger partial charge in [0.05, 0.1) is 37.3 Å². The topological polar surface area (TPSA) is 113 Å². The van der Waals surface area contributed by atoms with Crippen LogP contribution in [-0.2, 0) is 17.7 Å². The second-order valence-corrected chi connectivity index (χ2v) is 8.58. The Morgan fingerprint density at radius 2 is 2.18 bits per heavy atom. The molecule has 10 heteroatoms. The Kier molecular flexibility index (Phi) is 4.61. The smallest absolute Gasteiger partial charge is 0.321 e. The molecule has 4 heterocycles. The minimum absolute atomic E-state index is 0.0468. The van der Waals surface area contributed by atoms with Crippen LogP contribution >= 0.6 is 11.3 Å². The summed E-state index contributed by atoms with van der Waals surface area (Å²) in [7, 11) is 0. The molecule has 5 rings (SSSR count). The Labute approximate surface area is 166 Å². The van der Waals surface area contributed by atoms with Crippen LogP contribution in [0.2, 0.25) is 0 Å². The number of thiazole rings is 1. The zero-order valence-electron chi connectivity index (χ0n) is 15.3. The maximum Gasteiger partial charge on any atom is 0.321 e.